The van der Waals surface area contributed by atoms with Crippen molar-refractivity contribution in [2.75, 3.05) is 0 Å². The fourth-order valence-electron chi connectivity index (χ4n) is 1.25. The molecule has 68 valence electrons. The maximum Gasteiger partial charge on any atom is 0.243 e. The monoisotopic (exact) mass is 170 g/mol. The zero-order valence-corrected chi connectivity index (χ0v) is 7.39. The standard InChI is InChI=1S/C8H14N2O2/c1-5(2)9-6-3-4-7(11)10-8(6)12/h5-6,9H,3-4H2,1-2H3,(H,10,11,12). The van der Waals surface area contributed by atoms with Crippen molar-refractivity contribution >= 4 is 11.8 Å². The van der Waals surface area contributed by atoms with E-state index in [0.717, 1.165) is 0 Å². The van der Waals surface area contributed by atoms with E-state index in [1.807, 2.05) is 13.8 Å². The highest BCUT2D eigenvalue weighted by Crippen LogP contribution is 2.04. The van der Waals surface area contributed by atoms with Crippen LogP contribution in [0.5, 0.6) is 0 Å². The fraction of sp³-hybridized carbons (Fsp3) is 0.750. The van der Waals surface area contributed by atoms with Gasteiger partial charge in [-0.1, -0.05) is 13.8 Å². The normalized spacial score (nSPS) is 24.4. The van der Waals surface area contributed by atoms with Gasteiger partial charge in [-0.3, -0.25) is 14.9 Å². The van der Waals surface area contributed by atoms with E-state index in [2.05, 4.69) is 10.6 Å². The lowest BCUT2D eigenvalue weighted by Crippen LogP contribution is -2.52. The third kappa shape index (κ3) is 2.30. The van der Waals surface area contributed by atoms with E-state index in [-0.39, 0.29) is 23.9 Å². The molecule has 0 aromatic heterocycles. The van der Waals surface area contributed by atoms with Crippen LogP contribution >= 0.6 is 0 Å². The van der Waals surface area contributed by atoms with Crippen molar-refractivity contribution in [1.29, 1.82) is 0 Å². The van der Waals surface area contributed by atoms with Crippen LogP contribution in [-0.4, -0.2) is 23.9 Å². The van der Waals surface area contributed by atoms with Crippen LogP contribution in [-0.2, 0) is 9.59 Å². The predicted octanol–water partition coefficient (Wildman–Crippen LogP) is -0.210. The third-order valence-corrected chi connectivity index (χ3v) is 1.77. The summed E-state index contributed by atoms with van der Waals surface area (Å²) in [6.07, 6.45) is 1.05. The molecule has 1 unspecified atom stereocenters. The Morgan fingerprint density at radius 3 is 2.67 bits per heavy atom. The first-order valence-corrected chi connectivity index (χ1v) is 4.19. The second-order valence-corrected chi connectivity index (χ2v) is 3.33. The van der Waals surface area contributed by atoms with Crippen molar-refractivity contribution in [3.63, 3.8) is 0 Å². The zero-order chi connectivity index (χ0) is 9.14. The molecule has 0 saturated carbocycles. The summed E-state index contributed by atoms with van der Waals surface area (Å²) < 4.78 is 0. The molecule has 0 spiro atoms. The number of carbonyl (C=O) groups is 2. The first-order valence-electron chi connectivity index (χ1n) is 4.19. The predicted molar refractivity (Wildman–Crippen MR) is 44.4 cm³/mol. The number of hydrogen-bond donors (Lipinski definition) is 2. The number of piperidine rings is 1. The van der Waals surface area contributed by atoms with Crippen LogP contribution in [0.3, 0.4) is 0 Å². The van der Waals surface area contributed by atoms with Crippen LogP contribution in [0.25, 0.3) is 0 Å². The highest BCUT2D eigenvalue weighted by atomic mass is 16.2. The second kappa shape index (κ2) is 3.67. The van der Waals surface area contributed by atoms with E-state index in [4.69, 9.17) is 0 Å². The molecule has 0 aliphatic carbocycles. The van der Waals surface area contributed by atoms with Crippen molar-refractivity contribution in [3.05, 3.63) is 0 Å². The van der Waals surface area contributed by atoms with Gasteiger partial charge in [-0.2, -0.15) is 0 Å². The van der Waals surface area contributed by atoms with Crippen molar-refractivity contribution in [2.45, 2.75) is 38.8 Å². The maximum absolute atomic E-state index is 11.1. The fourth-order valence-corrected chi connectivity index (χ4v) is 1.25. The summed E-state index contributed by atoms with van der Waals surface area (Å²) in [6, 6.07) is 0.0802. The summed E-state index contributed by atoms with van der Waals surface area (Å²) in [5.41, 5.74) is 0. The Hall–Kier alpha value is -0.900. The van der Waals surface area contributed by atoms with E-state index in [9.17, 15) is 9.59 Å². The number of amides is 2. The molecule has 0 bridgehead atoms. The number of rotatable bonds is 2. The molecular formula is C8H14N2O2. The first kappa shape index (κ1) is 9.19. The quantitative estimate of drug-likeness (QED) is 0.564. The smallest absolute Gasteiger partial charge is 0.243 e. The Labute approximate surface area is 71.7 Å². The van der Waals surface area contributed by atoms with E-state index in [1.165, 1.54) is 0 Å². The largest absolute Gasteiger partial charge is 0.304 e. The van der Waals surface area contributed by atoms with Gasteiger partial charge >= 0.3 is 0 Å². The van der Waals surface area contributed by atoms with Gasteiger partial charge in [0.2, 0.25) is 11.8 Å². The van der Waals surface area contributed by atoms with Gasteiger partial charge in [0.25, 0.3) is 0 Å². The number of imide groups is 1. The van der Waals surface area contributed by atoms with Crippen molar-refractivity contribution in [1.82, 2.24) is 10.6 Å². The van der Waals surface area contributed by atoms with E-state index in [0.29, 0.717) is 12.8 Å². The zero-order valence-electron chi connectivity index (χ0n) is 7.39. The number of carbonyl (C=O) groups excluding carboxylic acids is 2. The molecular weight excluding hydrogens is 156 g/mol. The lowest BCUT2D eigenvalue weighted by molar-refractivity contribution is -0.134. The molecule has 1 heterocycles. The van der Waals surface area contributed by atoms with Crippen LogP contribution < -0.4 is 10.6 Å². The molecule has 2 amide bonds. The molecule has 0 radical (unpaired) electrons. The van der Waals surface area contributed by atoms with E-state index < -0.39 is 0 Å². The molecule has 12 heavy (non-hydrogen) atoms. The summed E-state index contributed by atoms with van der Waals surface area (Å²) in [6.45, 7) is 3.95. The molecule has 1 aliphatic heterocycles. The lowest BCUT2D eigenvalue weighted by Gasteiger charge is -2.23. The highest BCUT2D eigenvalue weighted by Gasteiger charge is 2.26. The van der Waals surface area contributed by atoms with Crippen molar-refractivity contribution in [2.24, 2.45) is 0 Å². The van der Waals surface area contributed by atoms with Crippen LogP contribution in [0.4, 0.5) is 0 Å². The molecule has 2 N–H and O–H groups in total. The third-order valence-electron chi connectivity index (χ3n) is 1.77. The average molecular weight is 170 g/mol. The Bertz CT molecular complexity index is 201. The van der Waals surface area contributed by atoms with Crippen LogP contribution in [0.15, 0.2) is 0 Å². The summed E-state index contributed by atoms with van der Waals surface area (Å²) in [5.74, 6) is -0.359. The Morgan fingerprint density at radius 1 is 1.50 bits per heavy atom. The number of hydrogen-bond acceptors (Lipinski definition) is 3. The summed E-state index contributed by atoms with van der Waals surface area (Å²) in [7, 11) is 0. The minimum absolute atomic E-state index is 0.165. The van der Waals surface area contributed by atoms with Crippen molar-refractivity contribution in [3.8, 4) is 0 Å². The molecule has 4 heteroatoms. The van der Waals surface area contributed by atoms with Gasteiger partial charge in [0.1, 0.15) is 0 Å². The van der Waals surface area contributed by atoms with Gasteiger partial charge < -0.3 is 5.32 Å². The minimum atomic E-state index is -0.194. The Kier molecular flexibility index (Phi) is 2.81. The Balaban J connectivity index is 2.45. The SMILES string of the molecule is CC(C)NC1CCC(=O)NC1=O. The van der Waals surface area contributed by atoms with Crippen LogP contribution in [0.1, 0.15) is 26.7 Å². The molecule has 1 aliphatic rings. The van der Waals surface area contributed by atoms with Crippen LogP contribution in [0, 0.1) is 0 Å². The van der Waals surface area contributed by atoms with Crippen LogP contribution in [0.2, 0.25) is 0 Å². The molecule has 1 rings (SSSR count). The van der Waals surface area contributed by atoms with Gasteiger partial charge in [0.15, 0.2) is 0 Å². The number of nitrogens with one attached hydrogen (secondary N) is 2. The van der Waals surface area contributed by atoms with Gasteiger partial charge in [-0.15, -0.1) is 0 Å². The molecule has 1 atom stereocenters. The summed E-state index contributed by atoms with van der Waals surface area (Å²) >= 11 is 0. The van der Waals surface area contributed by atoms with E-state index in [1.54, 1.807) is 0 Å². The summed E-state index contributed by atoms with van der Waals surface area (Å²) in [5, 5.41) is 5.38. The van der Waals surface area contributed by atoms with E-state index >= 15 is 0 Å². The second-order valence-electron chi connectivity index (χ2n) is 3.33. The van der Waals surface area contributed by atoms with Gasteiger partial charge in [-0.05, 0) is 6.42 Å². The highest BCUT2D eigenvalue weighted by molar-refractivity contribution is 6.00. The molecule has 0 aromatic carbocycles. The average Bonchev–Trinajstić information content (AvgIpc) is 1.94. The molecule has 1 saturated heterocycles. The van der Waals surface area contributed by atoms with Gasteiger partial charge in [0, 0.05) is 12.5 Å². The lowest BCUT2D eigenvalue weighted by atomic mass is 10.1. The molecule has 1 fully saturated rings. The topological polar surface area (TPSA) is 58.2 Å². The molecule has 4 nitrogen and oxygen atoms in total. The van der Waals surface area contributed by atoms with Gasteiger partial charge in [0.05, 0.1) is 6.04 Å². The van der Waals surface area contributed by atoms with Crippen molar-refractivity contribution < 1.29 is 9.59 Å². The minimum Gasteiger partial charge on any atom is -0.304 e. The molecule has 0 aromatic rings. The van der Waals surface area contributed by atoms with Gasteiger partial charge in [-0.25, -0.2) is 0 Å². The first-order chi connectivity index (χ1) is 5.59. The Morgan fingerprint density at radius 2 is 2.17 bits per heavy atom. The summed E-state index contributed by atoms with van der Waals surface area (Å²) in [4.78, 5) is 21.9. The maximum atomic E-state index is 11.1.